The Hall–Kier alpha value is -2.17. The fraction of sp³-hybridized carbons (Fsp3) is 0.409. The predicted octanol–water partition coefficient (Wildman–Crippen LogP) is 3.08. The maximum atomic E-state index is 12.7. The molecule has 3 atom stereocenters. The van der Waals surface area contributed by atoms with Gasteiger partial charge >= 0.3 is 0 Å². The van der Waals surface area contributed by atoms with Crippen LogP contribution in [0.5, 0.6) is 0 Å². The van der Waals surface area contributed by atoms with Crippen LogP contribution in [-0.2, 0) is 9.53 Å². The minimum Gasteiger partial charge on any atom is -0.380 e. The van der Waals surface area contributed by atoms with Crippen molar-refractivity contribution in [2.24, 2.45) is 11.7 Å². The van der Waals surface area contributed by atoms with E-state index in [4.69, 9.17) is 10.5 Å². The van der Waals surface area contributed by atoms with Crippen LogP contribution in [0.2, 0.25) is 0 Å². The molecule has 1 aliphatic rings. The van der Waals surface area contributed by atoms with E-state index >= 15 is 0 Å². The number of amides is 1. The minimum absolute atomic E-state index is 0.0244. The molecular formula is C22H28N2O2. The van der Waals surface area contributed by atoms with E-state index in [-0.39, 0.29) is 29.9 Å². The highest BCUT2D eigenvalue weighted by Gasteiger charge is 2.32. The molecular weight excluding hydrogens is 324 g/mol. The number of rotatable bonds is 6. The van der Waals surface area contributed by atoms with E-state index in [9.17, 15) is 4.79 Å². The Bertz CT molecular complexity index is 650. The second-order valence-electron chi connectivity index (χ2n) is 7.07. The smallest absolute Gasteiger partial charge is 0.223 e. The van der Waals surface area contributed by atoms with E-state index in [0.717, 1.165) is 12.8 Å². The van der Waals surface area contributed by atoms with Crippen LogP contribution in [0.4, 0.5) is 0 Å². The molecule has 0 unspecified atom stereocenters. The van der Waals surface area contributed by atoms with E-state index in [1.165, 1.54) is 11.1 Å². The van der Waals surface area contributed by atoms with Crippen molar-refractivity contribution < 1.29 is 9.53 Å². The number of nitrogens with two attached hydrogens (primary N) is 1. The Morgan fingerprint density at radius 1 is 1.08 bits per heavy atom. The van der Waals surface area contributed by atoms with Gasteiger partial charge in [0.15, 0.2) is 0 Å². The number of carbonyl (C=O) groups is 1. The van der Waals surface area contributed by atoms with Gasteiger partial charge in [-0.15, -0.1) is 0 Å². The van der Waals surface area contributed by atoms with E-state index in [1.807, 2.05) is 36.4 Å². The van der Waals surface area contributed by atoms with Crippen molar-refractivity contribution in [1.82, 2.24) is 5.32 Å². The first kappa shape index (κ1) is 18.6. The Morgan fingerprint density at radius 3 is 2.15 bits per heavy atom. The van der Waals surface area contributed by atoms with E-state index < -0.39 is 0 Å². The van der Waals surface area contributed by atoms with Crippen molar-refractivity contribution >= 4 is 5.91 Å². The van der Waals surface area contributed by atoms with Gasteiger partial charge in [-0.2, -0.15) is 0 Å². The third-order valence-corrected chi connectivity index (χ3v) is 5.39. The zero-order valence-electron chi connectivity index (χ0n) is 15.3. The second kappa shape index (κ2) is 8.97. The number of hydrogen-bond donors (Lipinski definition) is 2. The molecule has 1 amide bonds. The van der Waals surface area contributed by atoms with Crippen molar-refractivity contribution in [3.8, 4) is 0 Å². The summed E-state index contributed by atoms with van der Waals surface area (Å²) in [7, 11) is 1.69. The van der Waals surface area contributed by atoms with Gasteiger partial charge in [0.25, 0.3) is 0 Å². The topological polar surface area (TPSA) is 64.3 Å². The summed E-state index contributed by atoms with van der Waals surface area (Å²) in [5.41, 5.74) is 8.57. The average molecular weight is 352 g/mol. The SMILES string of the molecule is CO[C@@H]1CC[C@H](C(=O)NCC(c2ccccc2)c2ccccc2)C[C@H]1N. The first-order valence-corrected chi connectivity index (χ1v) is 9.35. The molecule has 2 aromatic carbocycles. The molecule has 2 aromatic rings. The standard InChI is InChI=1S/C22H28N2O2/c1-26-21-13-12-18(14-20(21)23)22(25)24-15-19(16-8-4-2-5-9-16)17-10-6-3-7-11-17/h2-11,18-21H,12-15,23H2,1H3,(H,24,25)/t18-,20+,21+/m0/s1. The van der Waals surface area contributed by atoms with Gasteiger partial charge in [0.1, 0.15) is 0 Å². The summed E-state index contributed by atoms with van der Waals surface area (Å²) < 4.78 is 5.39. The zero-order valence-corrected chi connectivity index (χ0v) is 15.3. The summed E-state index contributed by atoms with van der Waals surface area (Å²) in [6.45, 7) is 0.590. The van der Waals surface area contributed by atoms with Crippen molar-refractivity contribution in [3.63, 3.8) is 0 Å². The molecule has 0 aromatic heterocycles. The van der Waals surface area contributed by atoms with Gasteiger partial charge in [-0.25, -0.2) is 0 Å². The predicted molar refractivity (Wildman–Crippen MR) is 104 cm³/mol. The first-order chi connectivity index (χ1) is 12.7. The first-order valence-electron chi connectivity index (χ1n) is 9.35. The van der Waals surface area contributed by atoms with E-state index in [2.05, 4.69) is 29.6 Å². The van der Waals surface area contributed by atoms with Crippen molar-refractivity contribution in [3.05, 3.63) is 71.8 Å². The van der Waals surface area contributed by atoms with Gasteiger partial charge in [0.05, 0.1) is 6.10 Å². The Balaban J connectivity index is 1.66. The molecule has 0 heterocycles. The lowest BCUT2D eigenvalue weighted by atomic mass is 9.83. The molecule has 1 saturated carbocycles. The zero-order chi connectivity index (χ0) is 18.4. The van der Waals surface area contributed by atoms with E-state index in [0.29, 0.717) is 13.0 Å². The largest absolute Gasteiger partial charge is 0.380 e. The number of carbonyl (C=O) groups excluding carboxylic acids is 1. The summed E-state index contributed by atoms with van der Waals surface area (Å²) in [6.07, 6.45) is 2.43. The van der Waals surface area contributed by atoms with Gasteiger partial charge in [0.2, 0.25) is 5.91 Å². The molecule has 0 radical (unpaired) electrons. The van der Waals surface area contributed by atoms with Crippen molar-refractivity contribution in [2.45, 2.75) is 37.3 Å². The van der Waals surface area contributed by atoms with Crippen molar-refractivity contribution in [2.75, 3.05) is 13.7 Å². The number of benzene rings is 2. The van der Waals surface area contributed by atoms with Gasteiger partial charge in [-0.05, 0) is 30.4 Å². The Morgan fingerprint density at radius 2 is 1.65 bits per heavy atom. The van der Waals surface area contributed by atoms with Gasteiger partial charge in [-0.1, -0.05) is 60.7 Å². The lowest BCUT2D eigenvalue weighted by Gasteiger charge is -2.32. The summed E-state index contributed by atoms with van der Waals surface area (Å²) in [5, 5.41) is 3.17. The van der Waals surface area contributed by atoms with Crippen molar-refractivity contribution in [1.29, 1.82) is 0 Å². The molecule has 26 heavy (non-hydrogen) atoms. The van der Waals surface area contributed by atoms with Gasteiger partial charge < -0.3 is 15.8 Å². The van der Waals surface area contributed by atoms with Crippen LogP contribution in [0.1, 0.15) is 36.3 Å². The molecule has 4 nitrogen and oxygen atoms in total. The highest BCUT2D eigenvalue weighted by molar-refractivity contribution is 5.79. The Labute approximate surface area is 155 Å². The number of hydrogen-bond acceptors (Lipinski definition) is 3. The molecule has 0 saturated heterocycles. The summed E-state index contributed by atoms with van der Waals surface area (Å²) >= 11 is 0. The molecule has 0 spiro atoms. The average Bonchev–Trinajstić information content (AvgIpc) is 2.69. The molecule has 3 N–H and O–H groups in total. The number of ether oxygens (including phenoxy) is 1. The molecule has 1 fully saturated rings. The number of methoxy groups -OCH3 is 1. The molecule has 3 rings (SSSR count). The van der Waals surface area contributed by atoms with Crippen LogP contribution in [0.3, 0.4) is 0 Å². The van der Waals surface area contributed by atoms with Crippen LogP contribution in [0, 0.1) is 5.92 Å². The summed E-state index contributed by atoms with van der Waals surface area (Å²) in [5.74, 6) is 0.223. The van der Waals surface area contributed by atoms with Crippen LogP contribution < -0.4 is 11.1 Å². The van der Waals surface area contributed by atoms with Crippen LogP contribution in [0.15, 0.2) is 60.7 Å². The van der Waals surface area contributed by atoms with E-state index in [1.54, 1.807) is 7.11 Å². The molecule has 0 bridgehead atoms. The third-order valence-electron chi connectivity index (χ3n) is 5.39. The fourth-order valence-corrected chi connectivity index (χ4v) is 3.85. The lowest BCUT2D eigenvalue weighted by molar-refractivity contribution is -0.127. The van der Waals surface area contributed by atoms with Crippen LogP contribution in [0.25, 0.3) is 0 Å². The highest BCUT2D eigenvalue weighted by atomic mass is 16.5. The molecule has 1 aliphatic carbocycles. The lowest BCUT2D eigenvalue weighted by Crippen LogP contribution is -2.46. The maximum absolute atomic E-state index is 12.7. The Kier molecular flexibility index (Phi) is 6.42. The normalized spacial score (nSPS) is 23.0. The van der Waals surface area contributed by atoms with Crippen LogP contribution in [-0.4, -0.2) is 31.7 Å². The highest BCUT2D eigenvalue weighted by Crippen LogP contribution is 2.27. The van der Waals surface area contributed by atoms with Gasteiger partial charge in [0, 0.05) is 31.5 Å². The summed E-state index contributed by atoms with van der Waals surface area (Å²) in [4.78, 5) is 12.7. The molecule has 0 aliphatic heterocycles. The second-order valence-corrected chi connectivity index (χ2v) is 7.07. The van der Waals surface area contributed by atoms with Gasteiger partial charge in [-0.3, -0.25) is 4.79 Å². The number of nitrogens with one attached hydrogen (secondary N) is 1. The summed E-state index contributed by atoms with van der Waals surface area (Å²) in [6, 6.07) is 20.6. The fourth-order valence-electron chi connectivity index (χ4n) is 3.85. The minimum atomic E-state index is -0.0662. The van der Waals surface area contributed by atoms with Crippen LogP contribution >= 0.6 is 0 Å². The third kappa shape index (κ3) is 4.51. The maximum Gasteiger partial charge on any atom is 0.223 e. The monoisotopic (exact) mass is 352 g/mol. The molecule has 138 valence electrons. The molecule has 4 heteroatoms. The quantitative estimate of drug-likeness (QED) is 0.840.